The van der Waals surface area contributed by atoms with E-state index in [2.05, 4.69) is 68.6 Å². The molecule has 0 aliphatic rings. The third kappa shape index (κ3) is 4.93. The molecule has 0 aliphatic carbocycles. The van der Waals surface area contributed by atoms with E-state index in [1.54, 1.807) is 0 Å². The molecule has 0 aromatic heterocycles. The summed E-state index contributed by atoms with van der Waals surface area (Å²) in [4.78, 5) is 14.5. The number of hydrogen-bond donors (Lipinski definition) is 1. The molecule has 0 unspecified atom stereocenters. The second-order valence-corrected chi connectivity index (χ2v) is 6.36. The number of para-hydroxylation sites is 1. The summed E-state index contributed by atoms with van der Waals surface area (Å²) in [7, 11) is 1.98. The van der Waals surface area contributed by atoms with E-state index in [-0.39, 0.29) is 5.91 Å². The zero-order valence-electron chi connectivity index (χ0n) is 15.2. The fraction of sp³-hybridized carbons (Fsp3) is 0.381. The molecule has 1 N–H and O–H groups in total. The van der Waals surface area contributed by atoms with Crippen LogP contribution in [0.1, 0.15) is 36.1 Å². The van der Waals surface area contributed by atoms with Crippen LogP contribution < -0.4 is 5.32 Å². The highest BCUT2D eigenvalue weighted by Gasteiger charge is 2.12. The normalized spacial score (nSPS) is 10.9. The number of likely N-dealkylation sites (N-methyl/N-ethyl adjacent to an activating group) is 1. The Bertz CT molecular complexity index is 654. The van der Waals surface area contributed by atoms with Crippen molar-refractivity contribution in [3.63, 3.8) is 0 Å². The zero-order valence-corrected chi connectivity index (χ0v) is 15.2. The smallest absolute Gasteiger partial charge is 0.238 e. The standard InChI is InChI=1S/C21H28N2O/c1-5-18-8-7-9-19(6-2)21(18)22-20(24)15-23(4)14-17-12-10-16(3)11-13-17/h7-13H,5-6,14-15H2,1-4H3,(H,22,24). The van der Waals surface area contributed by atoms with Gasteiger partial charge < -0.3 is 5.32 Å². The number of aryl methyl sites for hydroxylation is 3. The van der Waals surface area contributed by atoms with Gasteiger partial charge in [-0.3, -0.25) is 9.69 Å². The lowest BCUT2D eigenvalue weighted by Crippen LogP contribution is -2.30. The van der Waals surface area contributed by atoms with E-state index in [4.69, 9.17) is 0 Å². The lowest BCUT2D eigenvalue weighted by molar-refractivity contribution is -0.117. The number of nitrogens with one attached hydrogen (secondary N) is 1. The van der Waals surface area contributed by atoms with Crippen LogP contribution in [0.2, 0.25) is 0 Å². The molecule has 0 spiro atoms. The number of benzene rings is 2. The van der Waals surface area contributed by atoms with Crippen LogP contribution in [0, 0.1) is 6.92 Å². The minimum absolute atomic E-state index is 0.0419. The first-order valence-corrected chi connectivity index (χ1v) is 8.68. The molecule has 24 heavy (non-hydrogen) atoms. The summed E-state index contributed by atoms with van der Waals surface area (Å²) in [5, 5.41) is 3.13. The molecule has 0 bridgehead atoms. The van der Waals surface area contributed by atoms with Gasteiger partial charge in [0.15, 0.2) is 0 Å². The molecule has 0 aliphatic heterocycles. The Kier molecular flexibility index (Phi) is 6.56. The van der Waals surface area contributed by atoms with Gasteiger partial charge in [0.05, 0.1) is 6.54 Å². The van der Waals surface area contributed by atoms with Crippen LogP contribution in [0.3, 0.4) is 0 Å². The first kappa shape index (κ1) is 18.2. The number of carbonyl (C=O) groups excluding carboxylic acids is 1. The van der Waals surface area contributed by atoms with Crippen molar-refractivity contribution >= 4 is 11.6 Å². The Balaban J connectivity index is 1.99. The molecule has 128 valence electrons. The van der Waals surface area contributed by atoms with Crippen molar-refractivity contribution < 1.29 is 4.79 Å². The van der Waals surface area contributed by atoms with Crippen molar-refractivity contribution in [1.82, 2.24) is 4.90 Å². The molecule has 0 fully saturated rings. The number of carbonyl (C=O) groups is 1. The molecule has 3 heteroatoms. The minimum Gasteiger partial charge on any atom is -0.324 e. The number of hydrogen-bond acceptors (Lipinski definition) is 2. The molecule has 1 amide bonds. The summed E-state index contributed by atoms with van der Waals surface area (Å²) in [6, 6.07) is 14.7. The lowest BCUT2D eigenvalue weighted by atomic mass is 10.0. The van der Waals surface area contributed by atoms with Gasteiger partial charge in [-0.05, 0) is 43.5 Å². The van der Waals surface area contributed by atoms with Crippen molar-refractivity contribution in [3.8, 4) is 0 Å². The van der Waals surface area contributed by atoms with Gasteiger partial charge in [-0.2, -0.15) is 0 Å². The highest BCUT2D eigenvalue weighted by atomic mass is 16.2. The maximum atomic E-state index is 12.5. The van der Waals surface area contributed by atoms with Crippen LogP contribution in [-0.4, -0.2) is 24.4 Å². The van der Waals surface area contributed by atoms with Crippen molar-refractivity contribution in [1.29, 1.82) is 0 Å². The van der Waals surface area contributed by atoms with Crippen LogP contribution in [0.5, 0.6) is 0 Å². The van der Waals surface area contributed by atoms with Gasteiger partial charge in [0.25, 0.3) is 0 Å². The van der Waals surface area contributed by atoms with Gasteiger partial charge in [0.2, 0.25) is 5.91 Å². The maximum absolute atomic E-state index is 12.5. The summed E-state index contributed by atoms with van der Waals surface area (Å²) in [5.41, 5.74) is 5.87. The molecule has 0 atom stereocenters. The topological polar surface area (TPSA) is 32.3 Å². The molecule has 2 aromatic rings. The Hall–Kier alpha value is -2.13. The monoisotopic (exact) mass is 324 g/mol. The maximum Gasteiger partial charge on any atom is 0.238 e. The first-order valence-electron chi connectivity index (χ1n) is 8.68. The van der Waals surface area contributed by atoms with Crippen LogP contribution in [0.4, 0.5) is 5.69 Å². The molecule has 0 heterocycles. The number of rotatable bonds is 7. The number of nitrogens with zero attached hydrogens (tertiary/aromatic N) is 1. The second kappa shape index (κ2) is 8.65. The Morgan fingerprint density at radius 3 is 2.12 bits per heavy atom. The highest BCUT2D eigenvalue weighted by molar-refractivity contribution is 5.93. The molecule has 0 radical (unpaired) electrons. The molecular formula is C21H28N2O. The summed E-state index contributed by atoms with van der Waals surface area (Å²) in [6.45, 7) is 7.47. The average Bonchev–Trinajstić information content (AvgIpc) is 2.57. The summed E-state index contributed by atoms with van der Waals surface area (Å²) < 4.78 is 0. The Labute approximate surface area is 145 Å². The van der Waals surface area contributed by atoms with Crippen molar-refractivity contribution in [2.75, 3.05) is 18.9 Å². The highest BCUT2D eigenvalue weighted by Crippen LogP contribution is 2.22. The molecular weight excluding hydrogens is 296 g/mol. The molecule has 3 nitrogen and oxygen atoms in total. The van der Waals surface area contributed by atoms with E-state index in [9.17, 15) is 4.79 Å². The van der Waals surface area contributed by atoms with Crippen LogP contribution in [0.25, 0.3) is 0 Å². The van der Waals surface area contributed by atoms with Crippen molar-refractivity contribution in [2.45, 2.75) is 40.2 Å². The van der Waals surface area contributed by atoms with E-state index in [0.29, 0.717) is 6.54 Å². The van der Waals surface area contributed by atoms with Crippen molar-refractivity contribution in [2.24, 2.45) is 0 Å². The fourth-order valence-corrected chi connectivity index (χ4v) is 2.89. The molecule has 2 aromatic carbocycles. The Morgan fingerprint density at radius 1 is 1.00 bits per heavy atom. The summed E-state index contributed by atoms with van der Waals surface area (Å²) in [5.74, 6) is 0.0419. The van der Waals surface area contributed by atoms with E-state index >= 15 is 0 Å². The van der Waals surface area contributed by atoms with Crippen molar-refractivity contribution in [3.05, 3.63) is 64.7 Å². The van der Waals surface area contributed by atoms with Crippen LogP contribution in [0.15, 0.2) is 42.5 Å². The minimum atomic E-state index is 0.0419. The van der Waals surface area contributed by atoms with Gasteiger partial charge in [-0.1, -0.05) is 61.9 Å². The van der Waals surface area contributed by atoms with Gasteiger partial charge in [0, 0.05) is 12.2 Å². The lowest BCUT2D eigenvalue weighted by Gasteiger charge is -2.19. The third-order valence-corrected chi connectivity index (χ3v) is 4.25. The summed E-state index contributed by atoms with van der Waals surface area (Å²) >= 11 is 0. The second-order valence-electron chi connectivity index (χ2n) is 6.36. The van der Waals surface area contributed by atoms with Gasteiger partial charge in [-0.15, -0.1) is 0 Å². The van der Waals surface area contributed by atoms with Gasteiger partial charge >= 0.3 is 0 Å². The molecule has 0 saturated heterocycles. The van der Waals surface area contributed by atoms with Gasteiger partial charge in [0.1, 0.15) is 0 Å². The van der Waals surface area contributed by atoms with E-state index < -0.39 is 0 Å². The van der Waals surface area contributed by atoms with E-state index in [0.717, 1.165) is 25.1 Å². The van der Waals surface area contributed by atoms with E-state index in [1.807, 2.05) is 11.9 Å². The largest absolute Gasteiger partial charge is 0.324 e. The average molecular weight is 324 g/mol. The fourth-order valence-electron chi connectivity index (χ4n) is 2.89. The SMILES string of the molecule is CCc1cccc(CC)c1NC(=O)CN(C)Cc1ccc(C)cc1. The zero-order chi connectivity index (χ0) is 17.5. The van der Waals surface area contributed by atoms with Crippen LogP contribution in [-0.2, 0) is 24.2 Å². The first-order chi connectivity index (χ1) is 11.5. The number of anilines is 1. The third-order valence-electron chi connectivity index (χ3n) is 4.25. The summed E-state index contributed by atoms with van der Waals surface area (Å²) in [6.07, 6.45) is 1.84. The predicted octanol–water partition coefficient (Wildman–Crippen LogP) is 4.19. The quantitative estimate of drug-likeness (QED) is 0.828. The van der Waals surface area contributed by atoms with Gasteiger partial charge in [-0.25, -0.2) is 0 Å². The molecule has 0 saturated carbocycles. The predicted molar refractivity (Wildman–Crippen MR) is 101 cm³/mol. The van der Waals surface area contributed by atoms with Crippen LogP contribution >= 0.6 is 0 Å². The van der Waals surface area contributed by atoms with E-state index in [1.165, 1.54) is 22.3 Å². The Morgan fingerprint density at radius 2 is 1.58 bits per heavy atom. The number of amides is 1. The molecule has 2 rings (SSSR count).